The number of benzene rings is 2. The van der Waals surface area contributed by atoms with E-state index in [1.807, 2.05) is 60.8 Å². The zero-order valence-corrected chi connectivity index (χ0v) is 18.0. The highest BCUT2D eigenvalue weighted by atomic mass is 16.2. The lowest BCUT2D eigenvalue weighted by Crippen LogP contribution is -2.48. The monoisotopic (exact) mass is 413 g/mol. The maximum atomic E-state index is 13.4. The van der Waals surface area contributed by atoms with Gasteiger partial charge in [-0.1, -0.05) is 73.9 Å². The molecule has 0 unspecified atom stereocenters. The van der Waals surface area contributed by atoms with Crippen molar-refractivity contribution >= 4 is 11.6 Å². The molecule has 1 saturated carbocycles. The van der Waals surface area contributed by atoms with Gasteiger partial charge in [0.05, 0.1) is 0 Å². The largest absolute Gasteiger partial charge is 0.373 e. The first-order chi connectivity index (χ1) is 15.3. The van der Waals surface area contributed by atoms with E-state index in [0.717, 1.165) is 29.8 Å². The van der Waals surface area contributed by atoms with Crippen LogP contribution in [-0.2, 0) is 16.6 Å². The van der Waals surface area contributed by atoms with Crippen LogP contribution in [0.2, 0.25) is 0 Å². The van der Waals surface area contributed by atoms with E-state index >= 15 is 0 Å². The van der Waals surface area contributed by atoms with Crippen LogP contribution in [0, 0.1) is 0 Å². The highest BCUT2D eigenvalue weighted by Crippen LogP contribution is 2.38. The molecule has 0 bridgehead atoms. The Morgan fingerprint density at radius 3 is 2.23 bits per heavy atom. The lowest BCUT2D eigenvalue weighted by Gasteiger charge is -2.37. The molecule has 2 aromatic carbocycles. The van der Waals surface area contributed by atoms with Crippen LogP contribution < -0.4 is 10.6 Å². The Morgan fingerprint density at radius 2 is 1.55 bits per heavy atom. The zero-order chi connectivity index (χ0) is 21.4. The van der Waals surface area contributed by atoms with Crippen LogP contribution in [0.15, 0.2) is 85.1 Å². The summed E-state index contributed by atoms with van der Waals surface area (Å²) in [7, 11) is 0. The summed E-state index contributed by atoms with van der Waals surface area (Å²) in [6.45, 7) is 0.630. The molecule has 31 heavy (non-hydrogen) atoms. The third-order valence-electron chi connectivity index (χ3n) is 6.33. The summed E-state index contributed by atoms with van der Waals surface area (Å²) in [5, 5.41) is 6.73. The molecule has 3 aromatic rings. The first kappa shape index (κ1) is 21.1. The molecule has 0 saturated heterocycles. The second-order valence-electron chi connectivity index (χ2n) is 8.53. The van der Waals surface area contributed by atoms with Crippen LogP contribution in [0.1, 0.15) is 43.4 Å². The van der Waals surface area contributed by atoms with Gasteiger partial charge >= 0.3 is 0 Å². The van der Waals surface area contributed by atoms with Crippen LogP contribution in [-0.4, -0.2) is 23.5 Å². The third kappa shape index (κ3) is 5.52. The number of hydrogen-bond acceptors (Lipinski definition) is 3. The maximum absolute atomic E-state index is 13.4. The topological polar surface area (TPSA) is 54.0 Å². The molecule has 1 fully saturated rings. The molecular weight excluding hydrogens is 382 g/mol. The van der Waals surface area contributed by atoms with Crippen molar-refractivity contribution in [2.45, 2.75) is 50.0 Å². The van der Waals surface area contributed by atoms with Crippen LogP contribution in [0.3, 0.4) is 0 Å². The number of rotatable bonds is 8. The quantitative estimate of drug-likeness (QED) is 0.539. The maximum Gasteiger partial charge on any atom is 0.242 e. The molecule has 4 nitrogen and oxygen atoms in total. The van der Waals surface area contributed by atoms with Gasteiger partial charge in [0.2, 0.25) is 5.91 Å². The van der Waals surface area contributed by atoms with Crippen molar-refractivity contribution in [2.24, 2.45) is 0 Å². The molecule has 1 aliphatic carbocycles. The number of carbonyl (C=O) groups excluding carboxylic acids is 1. The van der Waals surface area contributed by atoms with E-state index in [1.165, 1.54) is 19.3 Å². The van der Waals surface area contributed by atoms with Crippen molar-refractivity contribution < 1.29 is 4.79 Å². The fourth-order valence-corrected chi connectivity index (χ4v) is 4.60. The van der Waals surface area contributed by atoms with Gasteiger partial charge in [-0.25, -0.2) is 0 Å². The van der Waals surface area contributed by atoms with Gasteiger partial charge in [-0.15, -0.1) is 0 Å². The number of aromatic nitrogens is 1. The number of anilines is 1. The molecule has 2 N–H and O–H groups in total. The number of hydrogen-bond donors (Lipinski definition) is 2. The fraction of sp³-hybridized carbons (Fsp3) is 0.333. The SMILES string of the molecule is O=C(NCC1(c2ccccn2)CCCCC1)[C@@H](Cc1ccccc1)Nc1ccccc1. The molecule has 160 valence electrons. The van der Waals surface area contributed by atoms with Gasteiger partial charge in [0.1, 0.15) is 6.04 Å². The molecule has 1 atom stereocenters. The Bertz CT molecular complexity index is 896. The smallest absolute Gasteiger partial charge is 0.242 e. The average Bonchev–Trinajstić information content (AvgIpc) is 2.84. The van der Waals surface area contributed by atoms with Gasteiger partial charge in [-0.05, 0) is 42.7 Å². The Labute approximate surface area is 185 Å². The van der Waals surface area contributed by atoms with Gasteiger partial charge in [0.25, 0.3) is 0 Å². The van der Waals surface area contributed by atoms with Crippen LogP contribution >= 0.6 is 0 Å². The molecule has 4 rings (SSSR count). The first-order valence-electron chi connectivity index (χ1n) is 11.3. The molecule has 1 aromatic heterocycles. The highest BCUT2D eigenvalue weighted by molar-refractivity contribution is 5.85. The minimum atomic E-state index is -0.339. The van der Waals surface area contributed by atoms with E-state index in [0.29, 0.717) is 13.0 Å². The zero-order valence-electron chi connectivity index (χ0n) is 18.0. The van der Waals surface area contributed by atoms with Gasteiger partial charge in [-0.2, -0.15) is 0 Å². The van der Waals surface area contributed by atoms with Crippen molar-refractivity contribution in [3.63, 3.8) is 0 Å². The standard InChI is InChI=1S/C27H31N3O/c31-26(29-21-27(17-9-3-10-18-27)25-16-8-11-19-28-25)24(20-22-12-4-1-5-13-22)30-23-14-6-2-7-15-23/h1-2,4-8,11-16,19,24,30H,3,9-10,17-18,20-21H2,(H,29,31)/t24-/m1/s1. The Balaban J connectivity index is 1.50. The van der Waals surface area contributed by atoms with Crippen molar-refractivity contribution in [2.75, 3.05) is 11.9 Å². The summed E-state index contributed by atoms with van der Waals surface area (Å²) in [4.78, 5) is 18.0. The van der Waals surface area contributed by atoms with E-state index in [-0.39, 0.29) is 17.4 Å². The summed E-state index contributed by atoms with van der Waals surface area (Å²) in [6.07, 6.45) is 8.26. The fourth-order valence-electron chi connectivity index (χ4n) is 4.60. The van der Waals surface area contributed by atoms with Crippen LogP contribution in [0.5, 0.6) is 0 Å². The summed E-state index contributed by atoms with van der Waals surface area (Å²) in [6, 6.07) is 25.9. The number of nitrogens with one attached hydrogen (secondary N) is 2. The van der Waals surface area contributed by atoms with Crippen molar-refractivity contribution in [3.05, 3.63) is 96.3 Å². The number of carbonyl (C=O) groups is 1. The molecule has 0 spiro atoms. The van der Waals surface area contributed by atoms with E-state index in [4.69, 9.17) is 0 Å². The average molecular weight is 414 g/mol. The van der Waals surface area contributed by atoms with E-state index in [9.17, 15) is 4.79 Å². The number of para-hydroxylation sites is 1. The minimum Gasteiger partial charge on any atom is -0.373 e. The third-order valence-corrected chi connectivity index (χ3v) is 6.33. The second-order valence-corrected chi connectivity index (χ2v) is 8.53. The summed E-state index contributed by atoms with van der Waals surface area (Å²) >= 11 is 0. The van der Waals surface area contributed by atoms with Gasteiger partial charge < -0.3 is 10.6 Å². The van der Waals surface area contributed by atoms with Crippen LogP contribution in [0.4, 0.5) is 5.69 Å². The first-order valence-corrected chi connectivity index (χ1v) is 11.3. The molecule has 1 aliphatic rings. The summed E-state index contributed by atoms with van der Waals surface area (Å²) < 4.78 is 0. The van der Waals surface area contributed by atoms with E-state index in [2.05, 4.69) is 39.9 Å². The predicted octanol–water partition coefficient (Wildman–Crippen LogP) is 5.12. The van der Waals surface area contributed by atoms with Gasteiger partial charge in [-0.3, -0.25) is 9.78 Å². The Morgan fingerprint density at radius 1 is 0.871 bits per heavy atom. The van der Waals surface area contributed by atoms with Crippen molar-refractivity contribution in [1.82, 2.24) is 10.3 Å². The van der Waals surface area contributed by atoms with E-state index < -0.39 is 0 Å². The molecule has 1 amide bonds. The summed E-state index contributed by atoms with van der Waals surface area (Å²) in [5.74, 6) is 0.0357. The number of amides is 1. The predicted molar refractivity (Wildman–Crippen MR) is 126 cm³/mol. The normalized spacial score (nSPS) is 16.3. The molecule has 1 heterocycles. The Kier molecular flexibility index (Phi) is 6.98. The molecule has 0 radical (unpaired) electrons. The summed E-state index contributed by atoms with van der Waals surface area (Å²) in [5.41, 5.74) is 3.13. The van der Waals surface area contributed by atoms with Crippen molar-refractivity contribution in [1.29, 1.82) is 0 Å². The van der Waals surface area contributed by atoms with Crippen LogP contribution in [0.25, 0.3) is 0 Å². The van der Waals surface area contributed by atoms with Gasteiger partial charge in [0, 0.05) is 36.0 Å². The number of pyridine rings is 1. The molecule has 0 aliphatic heterocycles. The molecule has 4 heteroatoms. The van der Waals surface area contributed by atoms with E-state index in [1.54, 1.807) is 0 Å². The van der Waals surface area contributed by atoms with Gasteiger partial charge in [0.15, 0.2) is 0 Å². The van der Waals surface area contributed by atoms with Crippen molar-refractivity contribution in [3.8, 4) is 0 Å². The minimum absolute atomic E-state index is 0.0357. The molecular formula is C27H31N3O. The Hall–Kier alpha value is -3.14. The number of nitrogens with zero attached hydrogens (tertiary/aromatic N) is 1. The lowest BCUT2D eigenvalue weighted by atomic mass is 9.71. The lowest BCUT2D eigenvalue weighted by molar-refractivity contribution is -0.122. The second kappa shape index (κ2) is 10.3. The highest BCUT2D eigenvalue weighted by Gasteiger charge is 2.36.